The molecule has 0 aliphatic rings. The van der Waals surface area contributed by atoms with Crippen LogP contribution in [0.15, 0.2) is 21.5 Å². The summed E-state index contributed by atoms with van der Waals surface area (Å²) in [6.07, 6.45) is -13.8. The number of thioether (sulfide) groups is 1. The average Bonchev–Trinajstić information content (AvgIpc) is 2.31. The maximum absolute atomic E-state index is 14.2. The van der Waals surface area contributed by atoms with Crippen LogP contribution in [0.4, 0.5) is 52.7 Å². The molecule has 0 aromatic heterocycles. The first-order valence-electron chi connectivity index (χ1n) is 5.52. The van der Waals surface area contributed by atoms with Gasteiger partial charge in [0.25, 0.3) is 0 Å². The number of alkyl halides is 12. The van der Waals surface area contributed by atoms with Crippen molar-refractivity contribution in [1.29, 1.82) is 0 Å². The van der Waals surface area contributed by atoms with Crippen LogP contribution in [-0.2, 0) is 5.67 Å². The van der Waals surface area contributed by atoms with Gasteiger partial charge in [-0.2, -0.15) is 48.3 Å². The normalized spacial score (nSPS) is 16.7. The molecule has 0 nitrogen and oxygen atoms in total. The van der Waals surface area contributed by atoms with E-state index >= 15 is 0 Å². The van der Waals surface area contributed by atoms with E-state index in [2.05, 4.69) is 15.9 Å². The minimum absolute atomic E-state index is 0.159. The summed E-state index contributed by atoms with van der Waals surface area (Å²) in [6, 6.07) is 1.14. The van der Waals surface area contributed by atoms with E-state index in [0.29, 0.717) is 0 Å². The highest BCUT2D eigenvalue weighted by Gasteiger charge is 2.81. The first kappa shape index (κ1) is 22.3. The van der Waals surface area contributed by atoms with Crippen LogP contribution in [-0.4, -0.2) is 23.8 Å². The summed E-state index contributed by atoms with van der Waals surface area (Å²) < 4.78 is 152. The highest BCUT2D eigenvalue weighted by molar-refractivity contribution is 9.10. The van der Waals surface area contributed by atoms with Crippen LogP contribution in [0.2, 0.25) is 0 Å². The van der Waals surface area contributed by atoms with Gasteiger partial charge in [-0.25, -0.2) is 4.39 Å². The van der Waals surface area contributed by atoms with Gasteiger partial charge in [0.1, 0.15) is 0 Å². The zero-order valence-electron chi connectivity index (χ0n) is 11.0. The van der Waals surface area contributed by atoms with Gasteiger partial charge in [-0.1, -0.05) is 15.9 Å². The van der Waals surface area contributed by atoms with Crippen LogP contribution in [0, 0.1) is 6.07 Å². The maximum atomic E-state index is 14.2. The lowest BCUT2D eigenvalue weighted by Crippen LogP contribution is -2.59. The van der Waals surface area contributed by atoms with Crippen molar-refractivity contribution in [2.24, 2.45) is 0 Å². The molecule has 143 valence electrons. The third-order valence-corrected chi connectivity index (χ3v) is 3.71. The van der Waals surface area contributed by atoms with Crippen molar-refractivity contribution in [3.05, 3.63) is 28.2 Å². The third kappa shape index (κ3) is 4.31. The van der Waals surface area contributed by atoms with Crippen molar-refractivity contribution in [3.8, 4) is 0 Å². The second-order valence-electron chi connectivity index (χ2n) is 4.36. The lowest BCUT2D eigenvalue weighted by molar-refractivity contribution is -0.389. The minimum Gasteiger partial charge on any atom is -0.221 e. The van der Waals surface area contributed by atoms with Gasteiger partial charge in [0.05, 0.1) is 0 Å². The Hall–Kier alpha value is -0.790. The summed E-state index contributed by atoms with van der Waals surface area (Å²) in [7, 11) is 0. The van der Waals surface area contributed by atoms with Gasteiger partial charge in [0.15, 0.2) is 0 Å². The molecule has 1 aromatic carbocycles. The van der Waals surface area contributed by atoms with Gasteiger partial charge in [-0.15, -0.1) is 0 Å². The number of halogens is 13. The number of rotatable bonds is 3. The third-order valence-electron chi connectivity index (χ3n) is 2.61. The SMILES string of the molecule is FC(F)(F)Sc1[c]c(Br)cc(C(F)(C(F)(F)F)C(F)(F)C(F)(F)F)c1. The average molecular weight is 474 g/mol. The molecule has 14 heteroatoms. The predicted octanol–water partition coefficient (Wildman–Crippen LogP) is 6.79. The van der Waals surface area contributed by atoms with E-state index < -0.39 is 62.2 Å². The molecular weight excluding hydrogens is 472 g/mol. The highest BCUT2D eigenvalue weighted by atomic mass is 79.9. The molecular formula is C11H2BrF12S. The molecule has 1 unspecified atom stereocenters. The van der Waals surface area contributed by atoms with Crippen LogP contribution in [0.25, 0.3) is 0 Å². The largest absolute Gasteiger partial charge is 0.457 e. The predicted molar refractivity (Wildman–Crippen MR) is 64.7 cm³/mol. The Labute approximate surface area is 143 Å². The van der Waals surface area contributed by atoms with Crippen LogP contribution in [0.1, 0.15) is 5.56 Å². The van der Waals surface area contributed by atoms with E-state index in [0.717, 1.165) is 0 Å². The number of hydrogen-bond donors (Lipinski definition) is 0. The van der Waals surface area contributed by atoms with Crippen molar-refractivity contribution in [1.82, 2.24) is 0 Å². The molecule has 0 saturated heterocycles. The van der Waals surface area contributed by atoms with Crippen LogP contribution >= 0.6 is 27.7 Å². The Morgan fingerprint density at radius 2 is 1.24 bits per heavy atom. The molecule has 0 aliphatic heterocycles. The fourth-order valence-corrected chi connectivity index (χ4v) is 2.79. The Kier molecular flexibility index (Phi) is 5.72. The first-order valence-corrected chi connectivity index (χ1v) is 7.13. The zero-order chi connectivity index (χ0) is 20.1. The Bertz CT molecular complexity index is 631. The van der Waals surface area contributed by atoms with Gasteiger partial charge in [-0.05, 0) is 23.9 Å². The number of benzene rings is 1. The second-order valence-corrected chi connectivity index (χ2v) is 6.32. The summed E-state index contributed by atoms with van der Waals surface area (Å²) in [5.41, 5.74) is -13.8. The Balaban J connectivity index is 3.70. The smallest absolute Gasteiger partial charge is 0.221 e. The van der Waals surface area contributed by atoms with Gasteiger partial charge < -0.3 is 0 Å². The topological polar surface area (TPSA) is 0 Å². The summed E-state index contributed by atoms with van der Waals surface area (Å²) in [6.45, 7) is 0. The monoisotopic (exact) mass is 473 g/mol. The Morgan fingerprint density at radius 3 is 1.60 bits per heavy atom. The summed E-state index contributed by atoms with van der Waals surface area (Å²) >= 11 is 1.13. The van der Waals surface area contributed by atoms with E-state index in [-0.39, 0.29) is 6.07 Å². The van der Waals surface area contributed by atoms with Crippen molar-refractivity contribution in [2.75, 3.05) is 0 Å². The molecule has 0 aliphatic carbocycles. The van der Waals surface area contributed by atoms with Gasteiger partial charge >= 0.3 is 29.5 Å². The van der Waals surface area contributed by atoms with Gasteiger partial charge in [0, 0.05) is 21.0 Å². The summed E-state index contributed by atoms with van der Waals surface area (Å²) in [5, 5.41) is 0. The van der Waals surface area contributed by atoms with E-state index in [1.165, 1.54) is 0 Å². The molecule has 0 heterocycles. The first-order chi connectivity index (χ1) is 10.8. The summed E-state index contributed by atoms with van der Waals surface area (Å²) in [5.74, 6) is -6.97. The quantitative estimate of drug-likeness (QED) is 0.344. The van der Waals surface area contributed by atoms with Gasteiger partial charge in [0.2, 0.25) is 0 Å². The van der Waals surface area contributed by atoms with E-state index in [4.69, 9.17) is 0 Å². The van der Waals surface area contributed by atoms with Crippen molar-refractivity contribution < 1.29 is 52.7 Å². The molecule has 0 saturated carbocycles. The lowest BCUT2D eigenvalue weighted by Gasteiger charge is -2.36. The van der Waals surface area contributed by atoms with Crippen LogP contribution in [0.3, 0.4) is 0 Å². The highest BCUT2D eigenvalue weighted by Crippen LogP contribution is 2.58. The molecule has 0 N–H and O–H groups in total. The molecule has 1 aromatic rings. The molecule has 1 rings (SSSR count). The summed E-state index contributed by atoms with van der Waals surface area (Å²) in [4.78, 5) is -1.35. The second kappa shape index (κ2) is 6.43. The zero-order valence-corrected chi connectivity index (χ0v) is 13.4. The molecule has 0 fully saturated rings. The van der Waals surface area contributed by atoms with E-state index in [1.54, 1.807) is 6.07 Å². The molecule has 25 heavy (non-hydrogen) atoms. The van der Waals surface area contributed by atoms with Crippen LogP contribution < -0.4 is 0 Å². The molecule has 0 amide bonds. The fourth-order valence-electron chi connectivity index (χ4n) is 1.61. The molecule has 1 atom stereocenters. The molecule has 0 bridgehead atoms. The maximum Gasteiger partial charge on any atom is 0.457 e. The molecule has 1 radical (unpaired) electrons. The van der Waals surface area contributed by atoms with Crippen LogP contribution in [0.5, 0.6) is 0 Å². The molecule has 0 spiro atoms. The van der Waals surface area contributed by atoms with Crippen molar-refractivity contribution in [2.45, 2.75) is 34.3 Å². The fraction of sp³-hybridized carbons (Fsp3) is 0.455. The minimum atomic E-state index is -6.97. The Morgan fingerprint density at radius 1 is 0.760 bits per heavy atom. The standard InChI is InChI=1S/C11H2BrF12S/c12-5-1-4(2-6(3-5)25-11(22,23)24)7(13,9(16,17)18)8(14,15)10(19,20)21/h1-2H. The lowest BCUT2D eigenvalue weighted by atomic mass is 9.88. The van der Waals surface area contributed by atoms with E-state index in [1.807, 2.05) is 0 Å². The van der Waals surface area contributed by atoms with E-state index in [9.17, 15) is 52.7 Å². The van der Waals surface area contributed by atoms with Gasteiger partial charge in [-0.3, -0.25) is 0 Å². The van der Waals surface area contributed by atoms with Crippen molar-refractivity contribution >= 4 is 27.7 Å². The van der Waals surface area contributed by atoms with Crippen molar-refractivity contribution in [3.63, 3.8) is 0 Å². The number of hydrogen-bond acceptors (Lipinski definition) is 1.